The average molecular weight is 986 g/mol. The molecule has 2 atom stereocenters. The number of aryl methyl sites for hydroxylation is 2. The number of anilines is 4. The second-order valence-corrected chi connectivity index (χ2v) is 16.2. The Morgan fingerprint density at radius 3 is 1.33 bits per heavy atom. The highest BCUT2D eigenvalue weighted by atomic mass is 35.5. The van der Waals surface area contributed by atoms with E-state index in [0.717, 1.165) is 0 Å². The minimum atomic E-state index is -1.61. The number of rotatable bonds is 16. The number of Topliss-reactive ketones (excluding diaryl/α,β-unsaturated/α-hetero) is 2. The summed E-state index contributed by atoms with van der Waals surface area (Å²) in [5, 5.41) is 27.8. The number of nitrogens with one attached hydrogen (secondary N) is 4. The molecular formula is C44H36Cl6N8O6. The van der Waals surface area contributed by atoms with E-state index >= 15 is 0 Å². The maximum atomic E-state index is 13.7. The number of hydrogen-bond donors (Lipinski definition) is 4. The molecule has 0 aliphatic heterocycles. The van der Waals surface area contributed by atoms with Crippen LogP contribution in [-0.2, 0) is 32.0 Å². The lowest BCUT2D eigenvalue weighted by molar-refractivity contribution is -0.127. The zero-order valence-corrected chi connectivity index (χ0v) is 38.7. The highest BCUT2D eigenvalue weighted by Gasteiger charge is 2.27. The van der Waals surface area contributed by atoms with Gasteiger partial charge in [-0.2, -0.15) is 20.5 Å². The van der Waals surface area contributed by atoms with Gasteiger partial charge in [-0.05, 0) is 111 Å². The van der Waals surface area contributed by atoms with Crippen molar-refractivity contribution in [3.05, 3.63) is 137 Å². The Morgan fingerprint density at radius 1 is 0.531 bits per heavy atom. The topological polar surface area (TPSA) is 200 Å². The van der Waals surface area contributed by atoms with Crippen LogP contribution >= 0.6 is 69.6 Å². The number of benzene rings is 5. The second-order valence-electron chi connectivity index (χ2n) is 13.7. The van der Waals surface area contributed by atoms with Gasteiger partial charge in [0.2, 0.25) is 12.1 Å². The third-order valence-corrected chi connectivity index (χ3v) is 11.1. The molecule has 0 heterocycles. The molecule has 0 saturated carbocycles. The van der Waals surface area contributed by atoms with E-state index < -0.39 is 47.3 Å². The van der Waals surface area contributed by atoms with Gasteiger partial charge in [-0.15, -0.1) is 0 Å². The Bertz CT molecular complexity index is 2720. The summed E-state index contributed by atoms with van der Waals surface area (Å²) in [4.78, 5) is 78.8. The molecule has 0 bridgehead atoms. The number of hydrogen-bond acceptors (Lipinski definition) is 10. The van der Waals surface area contributed by atoms with Gasteiger partial charge in [0.25, 0.3) is 23.6 Å². The molecule has 5 aromatic rings. The van der Waals surface area contributed by atoms with Gasteiger partial charge in [-0.1, -0.05) is 95.6 Å². The van der Waals surface area contributed by atoms with Gasteiger partial charge >= 0.3 is 0 Å². The number of ketones is 2. The standard InChI is InChI=1S/C44H36Cl6N8O6/c1-5-23-17-27(51-43(63)38(21(3)59)57-55-32-11-7-9-28(36(32)49)41(61)52-34-19-25(45)13-15-30(34)47)18-24(6-2)40(23)54-44(64)39(22(4)60)58-56-33-12-8-10-29(37(33)50)42(62)53-35-20-26(46)14-16-31(35)48/h7-20,38-39H,5-6H2,1-4H3,(H,51,63)(H,52,61)(H,53,62)(H,54,64). The summed E-state index contributed by atoms with van der Waals surface area (Å²) < 4.78 is 0. The van der Waals surface area contributed by atoms with E-state index in [4.69, 9.17) is 69.6 Å². The van der Waals surface area contributed by atoms with Crippen molar-refractivity contribution in [2.24, 2.45) is 20.5 Å². The number of halogens is 6. The zero-order valence-electron chi connectivity index (χ0n) is 34.2. The van der Waals surface area contributed by atoms with Crippen LogP contribution in [0.2, 0.25) is 30.1 Å². The molecule has 0 aliphatic carbocycles. The molecule has 0 aromatic heterocycles. The molecule has 0 radical (unpaired) electrons. The van der Waals surface area contributed by atoms with Crippen LogP contribution < -0.4 is 21.3 Å². The highest BCUT2D eigenvalue weighted by molar-refractivity contribution is 6.39. The predicted octanol–water partition coefficient (Wildman–Crippen LogP) is 12.6. The lowest BCUT2D eigenvalue weighted by atomic mass is 10.0. The van der Waals surface area contributed by atoms with Gasteiger partial charge in [0.05, 0.1) is 42.6 Å². The van der Waals surface area contributed by atoms with Crippen molar-refractivity contribution in [3.8, 4) is 0 Å². The van der Waals surface area contributed by atoms with E-state index in [1.807, 2.05) is 13.8 Å². The highest BCUT2D eigenvalue weighted by Crippen LogP contribution is 2.34. The monoisotopic (exact) mass is 982 g/mol. The first-order chi connectivity index (χ1) is 30.4. The van der Waals surface area contributed by atoms with Gasteiger partial charge in [-0.25, -0.2) is 0 Å². The first-order valence-electron chi connectivity index (χ1n) is 19.1. The molecule has 0 saturated heterocycles. The van der Waals surface area contributed by atoms with Crippen LogP contribution in [0.3, 0.4) is 0 Å². The van der Waals surface area contributed by atoms with Crippen LogP contribution in [0.25, 0.3) is 0 Å². The molecule has 0 fully saturated rings. The fourth-order valence-corrected chi connectivity index (χ4v) is 7.12. The Morgan fingerprint density at radius 2 is 0.938 bits per heavy atom. The number of carbonyl (C=O) groups is 6. The lowest BCUT2D eigenvalue weighted by Gasteiger charge is -2.19. The van der Waals surface area contributed by atoms with Crippen molar-refractivity contribution in [2.75, 3.05) is 21.3 Å². The van der Waals surface area contributed by atoms with Crippen LogP contribution in [0, 0.1) is 0 Å². The third kappa shape index (κ3) is 12.3. The van der Waals surface area contributed by atoms with Crippen molar-refractivity contribution in [3.63, 3.8) is 0 Å². The van der Waals surface area contributed by atoms with Crippen molar-refractivity contribution < 1.29 is 28.8 Å². The quantitative estimate of drug-likeness (QED) is 0.0560. The van der Waals surface area contributed by atoms with E-state index in [1.54, 1.807) is 24.3 Å². The largest absolute Gasteiger partial charge is 0.324 e. The normalized spacial score (nSPS) is 12.2. The lowest BCUT2D eigenvalue weighted by Crippen LogP contribution is -2.33. The molecule has 64 heavy (non-hydrogen) atoms. The first-order valence-corrected chi connectivity index (χ1v) is 21.4. The Hall–Kier alpha value is -5.74. The molecule has 0 aliphatic rings. The number of nitrogens with zero attached hydrogens (tertiary/aromatic N) is 4. The SMILES string of the molecule is CCc1cc(NC(=O)C(N=Nc2cccc(C(=O)Nc3cc(Cl)ccc3Cl)c2Cl)C(C)=O)cc(CC)c1NC(=O)C(N=Nc1cccc(C(=O)Nc2cc(Cl)ccc2Cl)c1Cl)C(C)=O. The molecule has 14 nitrogen and oxygen atoms in total. The molecule has 330 valence electrons. The third-order valence-electron chi connectivity index (χ3n) is 9.21. The van der Waals surface area contributed by atoms with Crippen LogP contribution in [0.1, 0.15) is 59.5 Å². The van der Waals surface area contributed by atoms with Gasteiger partial charge in [0.1, 0.15) is 11.4 Å². The van der Waals surface area contributed by atoms with Crippen molar-refractivity contribution in [1.82, 2.24) is 0 Å². The summed E-state index contributed by atoms with van der Waals surface area (Å²) in [6, 6.07) is 17.9. The molecule has 5 aromatic carbocycles. The van der Waals surface area contributed by atoms with Crippen LogP contribution in [0.15, 0.2) is 105 Å². The summed E-state index contributed by atoms with van der Waals surface area (Å²) in [5.74, 6) is -4.14. The number of azo groups is 2. The molecule has 0 spiro atoms. The maximum Gasteiger partial charge on any atom is 0.258 e. The van der Waals surface area contributed by atoms with E-state index in [0.29, 0.717) is 39.7 Å². The summed E-state index contributed by atoms with van der Waals surface area (Å²) >= 11 is 37.5. The Balaban J connectivity index is 1.32. The van der Waals surface area contributed by atoms with Gasteiger partial charge in [-0.3, -0.25) is 28.8 Å². The van der Waals surface area contributed by atoms with Crippen molar-refractivity contribution >= 4 is 139 Å². The van der Waals surface area contributed by atoms with Gasteiger partial charge in [0, 0.05) is 21.4 Å². The first kappa shape index (κ1) is 49.3. The van der Waals surface area contributed by atoms with Crippen LogP contribution in [-0.4, -0.2) is 47.3 Å². The summed E-state index contributed by atoms with van der Waals surface area (Å²) in [7, 11) is 0. The summed E-state index contributed by atoms with van der Waals surface area (Å²) in [6.45, 7) is 5.98. The molecule has 2 unspecified atom stereocenters. The Labute approximate surface area is 397 Å². The minimum Gasteiger partial charge on any atom is -0.324 e. The van der Waals surface area contributed by atoms with E-state index in [9.17, 15) is 28.8 Å². The summed E-state index contributed by atoms with van der Waals surface area (Å²) in [5.41, 5.74) is 2.37. The summed E-state index contributed by atoms with van der Waals surface area (Å²) in [6.07, 6.45) is 0.733. The number of amides is 4. The van der Waals surface area contributed by atoms with Crippen molar-refractivity contribution in [2.45, 2.75) is 52.6 Å². The molecule has 20 heteroatoms. The Kier molecular flexibility index (Phi) is 17.1. The minimum absolute atomic E-state index is 0.00953. The van der Waals surface area contributed by atoms with E-state index in [-0.39, 0.29) is 59.7 Å². The van der Waals surface area contributed by atoms with Crippen LogP contribution in [0.4, 0.5) is 34.1 Å². The van der Waals surface area contributed by atoms with E-state index in [2.05, 4.69) is 41.7 Å². The van der Waals surface area contributed by atoms with Crippen LogP contribution in [0.5, 0.6) is 0 Å². The number of carbonyl (C=O) groups excluding carboxylic acids is 6. The maximum absolute atomic E-state index is 13.7. The molecular weight excluding hydrogens is 949 g/mol. The second kappa shape index (κ2) is 22.2. The fourth-order valence-electron chi connectivity index (χ4n) is 5.95. The molecule has 4 N–H and O–H groups in total. The average Bonchev–Trinajstić information content (AvgIpc) is 3.24. The van der Waals surface area contributed by atoms with Gasteiger partial charge in [0.15, 0.2) is 11.6 Å². The van der Waals surface area contributed by atoms with E-state index in [1.165, 1.54) is 74.5 Å². The fraction of sp³-hybridized carbons (Fsp3) is 0.182. The molecule has 5 rings (SSSR count). The smallest absolute Gasteiger partial charge is 0.258 e. The van der Waals surface area contributed by atoms with Crippen molar-refractivity contribution in [1.29, 1.82) is 0 Å². The predicted molar refractivity (Wildman–Crippen MR) is 252 cm³/mol. The molecule has 4 amide bonds. The van der Waals surface area contributed by atoms with Gasteiger partial charge < -0.3 is 21.3 Å². The zero-order chi connectivity index (χ0) is 46.8.